The van der Waals surface area contributed by atoms with Crippen LogP contribution in [0.25, 0.3) is 0 Å². The molecule has 0 aromatic heterocycles. The van der Waals surface area contributed by atoms with Gasteiger partial charge in [-0.25, -0.2) is 4.39 Å². The summed E-state index contributed by atoms with van der Waals surface area (Å²) in [6.07, 6.45) is 2.39. The van der Waals surface area contributed by atoms with E-state index < -0.39 is 5.82 Å². The molecule has 7 heteroatoms. The first kappa shape index (κ1) is 20.5. The lowest BCUT2D eigenvalue weighted by Gasteiger charge is -2.33. The zero-order chi connectivity index (χ0) is 18.9. The number of hydrogen-bond donors (Lipinski definition) is 3. The van der Waals surface area contributed by atoms with Crippen LogP contribution in [-0.4, -0.2) is 61.4 Å². The Morgan fingerprint density at radius 1 is 1.38 bits per heavy atom. The third kappa shape index (κ3) is 6.80. The number of nitrogens with one attached hydrogen (secondary N) is 2. The summed E-state index contributed by atoms with van der Waals surface area (Å²) >= 11 is 0. The monoisotopic (exact) mass is 366 g/mol. The summed E-state index contributed by atoms with van der Waals surface area (Å²) in [6.45, 7) is 8.40. The Labute approximate surface area is 155 Å². The Hall–Kier alpha value is -1.86. The topological polar surface area (TPSA) is 69.1 Å². The minimum absolute atomic E-state index is 0.283. The number of hydrogen-bond acceptors (Lipinski definition) is 4. The van der Waals surface area contributed by atoms with E-state index in [1.807, 2.05) is 0 Å². The number of halogens is 1. The van der Waals surface area contributed by atoms with Crippen molar-refractivity contribution in [3.8, 4) is 5.75 Å². The molecule has 1 saturated heterocycles. The second-order valence-electron chi connectivity index (χ2n) is 6.89. The largest absolute Gasteiger partial charge is 0.505 e. The maximum absolute atomic E-state index is 13.4. The number of piperidine rings is 1. The van der Waals surface area contributed by atoms with E-state index in [9.17, 15) is 9.50 Å². The number of nitrogens with zero attached hydrogens (tertiary/aromatic N) is 2. The molecule has 1 heterocycles. The number of likely N-dealkylation sites (tertiary alicyclic amines) is 1. The van der Waals surface area contributed by atoms with Gasteiger partial charge in [0, 0.05) is 39.3 Å². The van der Waals surface area contributed by atoms with Gasteiger partial charge >= 0.3 is 0 Å². The molecule has 0 saturated carbocycles. The standard InChI is InChI=1S/C19H31FN4O2/c1-14(2)26-11-10-24-8-6-16(7-9-24)23-19(21-3)22-13-15-4-5-18(25)17(20)12-15/h4-5,12,14,16,25H,6-11,13H2,1-3H3,(H2,21,22,23). The van der Waals surface area contributed by atoms with Crippen LogP contribution in [0.1, 0.15) is 32.3 Å². The number of rotatable bonds is 7. The van der Waals surface area contributed by atoms with Crippen molar-refractivity contribution in [2.24, 2.45) is 4.99 Å². The first-order valence-corrected chi connectivity index (χ1v) is 9.26. The lowest BCUT2D eigenvalue weighted by atomic mass is 10.1. The smallest absolute Gasteiger partial charge is 0.191 e. The fourth-order valence-corrected chi connectivity index (χ4v) is 2.95. The summed E-state index contributed by atoms with van der Waals surface area (Å²) in [6, 6.07) is 4.75. The predicted octanol–water partition coefficient (Wildman–Crippen LogP) is 2.09. The highest BCUT2D eigenvalue weighted by Gasteiger charge is 2.19. The number of guanidine groups is 1. The first-order valence-electron chi connectivity index (χ1n) is 9.26. The SMILES string of the molecule is CN=C(NCc1ccc(O)c(F)c1)NC1CCN(CCOC(C)C)CC1. The summed E-state index contributed by atoms with van der Waals surface area (Å²) in [7, 11) is 1.73. The molecular formula is C19H31FN4O2. The highest BCUT2D eigenvalue weighted by Crippen LogP contribution is 2.16. The highest BCUT2D eigenvalue weighted by atomic mass is 19.1. The summed E-state index contributed by atoms with van der Waals surface area (Å²) in [5, 5.41) is 15.9. The van der Waals surface area contributed by atoms with Crippen molar-refractivity contribution in [1.82, 2.24) is 15.5 Å². The summed E-state index contributed by atoms with van der Waals surface area (Å²) < 4.78 is 19.0. The van der Waals surface area contributed by atoms with E-state index in [1.165, 1.54) is 12.1 Å². The molecule has 1 aromatic rings. The lowest BCUT2D eigenvalue weighted by molar-refractivity contribution is 0.0532. The maximum atomic E-state index is 13.4. The molecule has 2 rings (SSSR count). The van der Waals surface area contributed by atoms with Crippen LogP contribution < -0.4 is 10.6 Å². The van der Waals surface area contributed by atoms with Crippen molar-refractivity contribution in [2.45, 2.75) is 45.4 Å². The maximum Gasteiger partial charge on any atom is 0.191 e. The summed E-state index contributed by atoms with van der Waals surface area (Å²) in [4.78, 5) is 6.67. The van der Waals surface area contributed by atoms with Crippen LogP contribution in [0.15, 0.2) is 23.2 Å². The Morgan fingerprint density at radius 3 is 2.73 bits per heavy atom. The molecule has 1 aliphatic rings. The van der Waals surface area contributed by atoms with Gasteiger partial charge in [-0.2, -0.15) is 0 Å². The number of aromatic hydroxyl groups is 1. The lowest BCUT2D eigenvalue weighted by Crippen LogP contribution is -2.49. The van der Waals surface area contributed by atoms with Gasteiger partial charge in [0.2, 0.25) is 0 Å². The fraction of sp³-hybridized carbons (Fsp3) is 0.632. The zero-order valence-corrected chi connectivity index (χ0v) is 16.0. The molecule has 0 unspecified atom stereocenters. The van der Waals surface area contributed by atoms with E-state index >= 15 is 0 Å². The van der Waals surface area contributed by atoms with E-state index in [0.717, 1.165) is 44.6 Å². The van der Waals surface area contributed by atoms with Gasteiger partial charge in [-0.15, -0.1) is 0 Å². The number of phenols is 1. The molecular weight excluding hydrogens is 335 g/mol. The van der Waals surface area contributed by atoms with Gasteiger partial charge in [-0.3, -0.25) is 4.99 Å². The molecule has 0 bridgehead atoms. The van der Waals surface area contributed by atoms with Gasteiger partial charge in [0.1, 0.15) is 0 Å². The van der Waals surface area contributed by atoms with Crippen LogP contribution in [0.5, 0.6) is 5.75 Å². The predicted molar refractivity (Wildman–Crippen MR) is 102 cm³/mol. The Bertz CT molecular complexity index is 587. The van der Waals surface area contributed by atoms with Gasteiger partial charge < -0.3 is 25.4 Å². The van der Waals surface area contributed by atoms with Crippen molar-refractivity contribution in [1.29, 1.82) is 0 Å². The van der Waals surface area contributed by atoms with Gasteiger partial charge in [0.15, 0.2) is 17.5 Å². The van der Waals surface area contributed by atoms with Gasteiger partial charge in [0.05, 0.1) is 12.7 Å². The van der Waals surface area contributed by atoms with Crippen LogP contribution in [0.4, 0.5) is 4.39 Å². The Balaban J connectivity index is 1.71. The fourth-order valence-electron chi connectivity index (χ4n) is 2.95. The van der Waals surface area contributed by atoms with Crippen LogP contribution in [0, 0.1) is 5.82 Å². The molecule has 1 aliphatic heterocycles. The summed E-state index contributed by atoms with van der Waals surface area (Å²) in [5.41, 5.74) is 0.753. The second kappa shape index (κ2) is 10.3. The van der Waals surface area contributed by atoms with Gasteiger partial charge in [0.25, 0.3) is 0 Å². The van der Waals surface area contributed by atoms with E-state index in [0.29, 0.717) is 18.5 Å². The second-order valence-corrected chi connectivity index (χ2v) is 6.89. The normalized spacial score (nSPS) is 16.9. The van der Waals surface area contributed by atoms with E-state index in [4.69, 9.17) is 4.74 Å². The highest BCUT2D eigenvalue weighted by molar-refractivity contribution is 5.79. The molecule has 1 fully saturated rings. The Kier molecular flexibility index (Phi) is 8.12. The van der Waals surface area contributed by atoms with Crippen LogP contribution in [0.2, 0.25) is 0 Å². The molecule has 0 spiro atoms. The average molecular weight is 366 g/mol. The molecule has 3 N–H and O–H groups in total. The molecule has 26 heavy (non-hydrogen) atoms. The quantitative estimate of drug-likeness (QED) is 0.509. The van der Waals surface area contributed by atoms with Gasteiger partial charge in [-0.05, 0) is 44.4 Å². The minimum Gasteiger partial charge on any atom is -0.505 e. The molecule has 0 amide bonds. The van der Waals surface area contributed by atoms with Gasteiger partial charge in [-0.1, -0.05) is 6.07 Å². The van der Waals surface area contributed by atoms with Crippen LogP contribution in [0.3, 0.4) is 0 Å². The number of aliphatic imine (C=N–C) groups is 1. The molecule has 0 atom stereocenters. The van der Waals surface area contributed by atoms with Crippen LogP contribution >= 0.6 is 0 Å². The summed E-state index contributed by atoms with van der Waals surface area (Å²) in [5.74, 6) is -0.233. The van der Waals surface area contributed by atoms with E-state index in [1.54, 1.807) is 13.1 Å². The molecule has 146 valence electrons. The third-order valence-electron chi connectivity index (χ3n) is 4.48. The zero-order valence-electron chi connectivity index (χ0n) is 16.0. The number of ether oxygens (including phenoxy) is 1. The minimum atomic E-state index is -0.610. The molecule has 6 nitrogen and oxygen atoms in total. The number of phenolic OH excluding ortho intramolecular Hbond substituents is 1. The average Bonchev–Trinajstić information content (AvgIpc) is 2.62. The van der Waals surface area contributed by atoms with Crippen molar-refractivity contribution in [3.05, 3.63) is 29.6 Å². The van der Waals surface area contributed by atoms with Crippen LogP contribution in [-0.2, 0) is 11.3 Å². The van der Waals surface area contributed by atoms with Crippen molar-refractivity contribution < 1.29 is 14.2 Å². The van der Waals surface area contributed by atoms with Crippen molar-refractivity contribution in [3.63, 3.8) is 0 Å². The Morgan fingerprint density at radius 2 is 2.12 bits per heavy atom. The van der Waals surface area contributed by atoms with E-state index in [-0.39, 0.29) is 11.9 Å². The van der Waals surface area contributed by atoms with E-state index in [2.05, 4.69) is 34.4 Å². The molecule has 1 aromatic carbocycles. The van der Waals surface area contributed by atoms with Crippen molar-refractivity contribution >= 4 is 5.96 Å². The molecule has 0 aliphatic carbocycles. The molecule has 0 radical (unpaired) electrons. The third-order valence-corrected chi connectivity index (χ3v) is 4.48. The number of benzene rings is 1. The van der Waals surface area contributed by atoms with Crippen molar-refractivity contribution in [2.75, 3.05) is 33.3 Å². The first-order chi connectivity index (χ1) is 12.5.